The number of halogens is 2. The van der Waals surface area contributed by atoms with Crippen LogP contribution in [0.2, 0.25) is 0 Å². The van der Waals surface area contributed by atoms with Gasteiger partial charge in [0.15, 0.2) is 5.82 Å². The molecule has 3 nitrogen and oxygen atoms in total. The molecule has 0 N–H and O–H groups in total. The van der Waals surface area contributed by atoms with Gasteiger partial charge >= 0.3 is 0 Å². The van der Waals surface area contributed by atoms with Crippen molar-refractivity contribution in [2.24, 2.45) is 5.92 Å². The summed E-state index contributed by atoms with van der Waals surface area (Å²) in [5.74, 6) is 1.65. The Kier molecular flexibility index (Phi) is 5.57. The Morgan fingerprint density at radius 2 is 2.08 bits per heavy atom. The molecular weight excluding hydrogens is 334 g/mol. The number of nitrogens with zero attached hydrogens (tertiary/aromatic N) is 2. The van der Waals surface area contributed by atoms with Crippen LogP contribution in [0, 0.1) is 5.92 Å². The molecule has 1 saturated carbocycles. The summed E-state index contributed by atoms with van der Waals surface area (Å²) in [5.41, 5.74) is 6.19. The first kappa shape index (κ1) is 18.8. The van der Waals surface area contributed by atoms with Gasteiger partial charge in [0.2, 0.25) is 6.43 Å². The fraction of sp³-hybridized carbons (Fsp3) is 0.571. The lowest BCUT2D eigenvalue weighted by Crippen LogP contribution is -2.13. The minimum Gasteiger partial charge on any atom is -0.333 e. The molecule has 5 heteroatoms. The zero-order valence-corrected chi connectivity index (χ0v) is 15.7. The molecule has 26 heavy (non-hydrogen) atoms. The number of alkyl halides is 2. The van der Waals surface area contributed by atoms with Gasteiger partial charge in [-0.05, 0) is 61.3 Å². The molecule has 0 amide bonds. The monoisotopic (exact) mass is 360 g/mol. The number of aromatic nitrogens is 2. The van der Waals surface area contributed by atoms with E-state index in [1.807, 2.05) is 32.9 Å². The molecule has 0 aromatic carbocycles. The summed E-state index contributed by atoms with van der Waals surface area (Å²) < 4.78 is 30.6. The van der Waals surface area contributed by atoms with Crippen LogP contribution >= 0.6 is 0 Å². The molecule has 0 atom stereocenters. The van der Waals surface area contributed by atoms with Crippen molar-refractivity contribution in [3.63, 3.8) is 0 Å². The summed E-state index contributed by atoms with van der Waals surface area (Å²) >= 11 is 0. The van der Waals surface area contributed by atoms with E-state index in [4.69, 9.17) is 4.52 Å². The standard InChI is InChI=1S/C21H26F2N2O/c1-21(2,3)20-24-19(26-25-20)16-7-4-5-9-17(14-11-12-14)15(13-16)8-6-10-18(22)23/h4,9,13-14,18H,5-6,8,10-12H2,1-3H3. The largest absolute Gasteiger partial charge is 0.333 e. The second kappa shape index (κ2) is 7.71. The van der Waals surface area contributed by atoms with E-state index < -0.39 is 6.43 Å². The van der Waals surface area contributed by atoms with Gasteiger partial charge in [-0.3, -0.25) is 0 Å². The van der Waals surface area contributed by atoms with Crippen LogP contribution in [-0.4, -0.2) is 16.6 Å². The molecule has 0 bridgehead atoms. The minimum atomic E-state index is -2.25. The summed E-state index contributed by atoms with van der Waals surface area (Å²) in [4.78, 5) is 4.52. The topological polar surface area (TPSA) is 38.9 Å². The zero-order chi connectivity index (χ0) is 18.7. The fourth-order valence-corrected chi connectivity index (χ4v) is 3.03. The highest BCUT2D eigenvalue weighted by Crippen LogP contribution is 2.42. The Balaban J connectivity index is 1.89. The van der Waals surface area contributed by atoms with Gasteiger partial charge in [-0.1, -0.05) is 32.0 Å². The molecule has 2 aliphatic rings. The van der Waals surface area contributed by atoms with Crippen LogP contribution in [0.25, 0.3) is 5.57 Å². The molecule has 1 heterocycles. The van der Waals surface area contributed by atoms with Gasteiger partial charge in [0.1, 0.15) is 0 Å². The van der Waals surface area contributed by atoms with Crippen molar-refractivity contribution in [3.8, 4) is 0 Å². The van der Waals surface area contributed by atoms with Crippen molar-refractivity contribution in [1.29, 1.82) is 0 Å². The van der Waals surface area contributed by atoms with Crippen molar-refractivity contribution in [1.82, 2.24) is 10.1 Å². The van der Waals surface area contributed by atoms with Gasteiger partial charge in [0, 0.05) is 11.8 Å². The predicted octanol–water partition coefficient (Wildman–Crippen LogP) is 6.01. The molecule has 1 fully saturated rings. The molecule has 2 aliphatic carbocycles. The second-order valence-electron chi connectivity index (χ2n) is 8.06. The van der Waals surface area contributed by atoms with E-state index in [2.05, 4.69) is 21.9 Å². The maximum Gasteiger partial charge on any atom is 0.265 e. The van der Waals surface area contributed by atoms with E-state index in [1.165, 1.54) is 18.4 Å². The van der Waals surface area contributed by atoms with Crippen molar-refractivity contribution in [3.05, 3.63) is 46.8 Å². The van der Waals surface area contributed by atoms with Crippen LogP contribution in [0.4, 0.5) is 8.78 Å². The Morgan fingerprint density at radius 1 is 1.31 bits per heavy atom. The summed E-state index contributed by atoms with van der Waals surface area (Å²) in [6, 6.07) is 0. The average molecular weight is 360 g/mol. The summed E-state index contributed by atoms with van der Waals surface area (Å²) in [6.07, 6.45) is 8.10. The smallest absolute Gasteiger partial charge is 0.265 e. The van der Waals surface area contributed by atoms with Crippen LogP contribution in [0.3, 0.4) is 0 Å². The fourth-order valence-electron chi connectivity index (χ4n) is 3.03. The molecule has 3 rings (SSSR count). The zero-order valence-electron chi connectivity index (χ0n) is 15.7. The first-order chi connectivity index (χ1) is 12.3. The maximum absolute atomic E-state index is 12.6. The molecule has 0 spiro atoms. The third kappa shape index (κ3) is 4.79. The predicted molar refractivity (Wildman–Crippen MR) is 97.9 cm³/mol. The maximum atomic E-state index is 12.6. The summed E-state index contributed by atoms with van der Waals surface area (Å²) in [5, 5.41) is 4.09. The van der Waals surface area contributed by atoms with Crippen LogP contribution in [-0.2, 0) is 5.41 Å². The van der Waals surface area contributed by atoms with E-state index in [0.717, 1.165) is 17.6 Å². The normalized spacial score (nSPS) is 18.3. The van der Waals surface area contributed by atoms with E-state index in [0.29, 0.717) is 30.5 Å². The number of allylic oxidation sites excluding steroid dienone is 5. The summed E-state index contributed by atoms with van der Waals surface area (Å²) in [6.45, 7) is 6.09. The lowest BCUT2D eigenvalue weighted by atomic mass is 9.92. The first-order valence-electron chi connectivity index (χ1n) is 9.33. The van der Waals surface area contributed by atoms with Gasteiger partial charge in [0.25, 0.3) is 5.89 Å². The van der Waals surface area contributed by atoms with Crippen LogP contribution in [0.1, 0.15) is 71.0 Å². The second-order valence-corrected chi connectivity index (χ2v) is 8.06. The summed E-state index contributed by atoms with van der Waals surface area (Å²) in [7, 11) is 0. The molecule has 0 saturated heterocycles. The van der Waals surface area contributed by atoms with Crippen LogP contribution in [0.15, 0.2) is 39.6 Å². The van der Waals surface area contributed by atoms with Gasteiger partial charge in [-0.25, -0.2) is 8.78 Å². The minimum absolute atomic E-state index is 0.0705. The van der Waals surface area contributed by atoms with Gasteiger partial charge in [0.05, 0.1) is 5.57 Å². The molecule has 0 unspecified atom stereocenters. The van der Waals surface area contributed by atoms with E-state index in [9.17, 15) is 8.78 Å². The Labute approximate surface area is 153 Å². The highest BCUT2D eigenvalue weighted by atomic mass is 19.3. The van der Waals surface area contributed by atoms with Crippen LogP contribution in [0.5, 0.6) is 0 Å². The van der Waals surface area contributed by atoms with Gasteiger partial charge in [-0.2, -0.15) is 4.98 Å². The lowest BCUT2D eigenvalue weighted by Gasteiger charge is -2.13. The van der Waals surface area contributed by atoms with Crippen molar-refractivity contribution in [2.45, 2.75) is 71.1 Å². The van der Waals surface area contributed by atoms with Gasteiger partial charge < -0.3 is 4.52 Å². The van der Waals surface area contributed by atoms with Crippen molar-refractivity contribution >= 4 is 5.57 Å². The number of rotatable bonds is 6. The Morgan fingerprint density at radius 3 is 2.69 bits per heavy atom. The third-order valence-electron chi connectivity index (χ3n) is 4.62. The average Bonchev–Trinajstić information content (AvgIpc) is 3.23. The molecule has 140 valence electrons. The van der Waals surface area contributed by atoms with Gasteiger partial charge in [-0.15, -0.1) is 5.73 Å². The Bertz CT molecular complexity index is 770. The molecule has 0 aliphatic heterocycles. The van der Waals surface area contributed by atoms with E-state index >= 15 is 0 Å². The quantitative estimate of drug-likeness (QED) is 0.583. The van der Waals surface area contributed by atoms with Crippen molar-refractivity contribution < 1.29 is 13.3 Å². The Hall–Kier alpha value is -2.00. The van der Waals surface area contributed by atoms with E-state index in [-0.39, 0.29) is 11.8 Å². The lowest BCUT2D eigenvalue weighted by molar-refractivity contribution is 0.135. The third-order valence-corrected chi connectivity index (χ3v) is 4.62. The first-order valence-corrected chi connectivity index (χ1v) is 9.33. The highest BCUT2D eigenvalue weighted by Gasteiger charge is 2.29. The SMILES string of the molecule is CC(C)(C)c1noc(C2=C=CCC=C(C3CC3)C(CCCC(F)F)=C2)n1. The highest BCUT2D eigenvalue weighted by molar-refractivity contribution is 5.70. The van der Waals surface area contributed by atoms with E-state index in [1.54, 1.807) is 0 Å². The number of hydrogen-bond acceptors (Lipinski definition) is 3. The molecular formula is C21H26F2N2O. The van der Waals surface area contributed by atoms with Crippen molar-refractivity contribution in [2.75, 3.05) is 0 Å². The van der Waals surface area contributed by atoms with Crippen LogP contribution < -0.4 is 0 Å². The number of hydrogen-bond donors (Lipinski definition) is 0. The molecule has 1 aromatic heterocycles. The molecule has 1 aromatic rings. The molecule has 0 radical (unpaired) electrons.